The second kappa shape index (κ2) is 9.46. The van der Waals surface area contributed by atoms with Gasteiger partial charge in [-0.25, -0.2) is 0 Å². The largest absolute Gasteiger partial charge is 0.505 e. The molecule has 4 rings (SSSR count). The standard InChI is InChI=1S/C25H27N3O5/c1-2-18(15-8-4-3-5-9-15)26-20-21(24(32)23(20)31)27-19-12-6-11-17(22(19)30)25(33)28-13-7-10-16(28)14-29/h3-6,8-9,11-12,16,18,26-27,29-30H,2,7,10,13-14H2,1H3/t16-,18+/m0/s1. The first kappa shape index (κ1) is 22.5. The van der Waals surface area contributed by atoms with Crippen molar-refractivity contribution in [3.8, 4) is 5.75 Å². The van der Waals surface area contributed by atoms with E-state index in [1.165, 1.54) is 12.1 Å². The lowest BCUT2D eigenvalue weighted by Gasteiger charge is -2.24. The number of carbonyl (C=O) groups excluding carboxylic acids is 1. The van der Waals surface area contributed by atoms with Gasteiger partial charge in [-0.1, -0.05) is 43.3 Å². The van der Waals surface area contributed by atoms with E-state index in [9.17, 15) is 24.6 Å². The number of likely N-dealkylation sites (tertiary alicyclic amines) is 1. The number of phenols is 1. The number of aliphatic hydroxyl groups is 1. The van der Waals surface area contributed by atoms with Gasteiger partial charge in [-0.05, 0) is 37.0 Å². The molecule has 1 amide bonds. The van der Waals surface area contributed by atoms with E-state index in [1.54, 1.807) is 11.0 Å². The Morgan fingerprint density at radius 3 is 2.52 bits per heavy atom. The number of aromatic hydroxyl groups is 1. The molecule has 3 aromatic carbocycles. The summed E-state index contributed by atoms with van der Waals surface area (Å²) in [5.41, 5.74) is 0.125. The molecule has 0 unspecified atom stereocenters. The first-order valence-corrected chi connectivity index (χ1v) is 11.1. The normalized spacial score (nSPS) is 16.7. The third-order valence-electron chi connectivity index (χ3n) is 6.21. The molecule has 2 atom stereocenters. The Hall–Kier alpha value is -3.65. The molecular weight excluding hydrogens is 422 g/mol. The summed E-state index contributed by atoms with van der Waals surface area (Å²) in [6.07, 6.45) is 2.19. The first-order chi connectivity index (χ1) is 16.0. The Labute approximate surface area is 191 Å². The van der Waals surface area contributed by atoms with Crippen LogP contribution in [-0.2, 0) is 0 Å². The van der Waals surface area contributed by atoms with E-state index in [2.05, 4.69) is 10.6 Å². The topological polar surface area (TPSA) is 119 Å². The van der Waals surface area contributed by atoms with E-state index < -0.39 is 10.9 Å². The molecule has 8 heteroatoms. The van der Waals surface area contributed by atoms with Crippen molar-refractivity contribution >= 4 is 23.0 Å². The van der Waals surface area contributed by atoms with E-state index >= 15 is 0 Å². The molecule has 1 aliphatic heterocycles. The molecule has 0 aliphatic carbocycles. The minimum absolute atomic E-state index is 0.0590. The molecule has 0 radical (unpaired) electrons. The van der Waals surface area contributed by atoms with E-state index in [0.29, 0.717) is 19.4 Å². The molecule has 3 aromatic rings. The third kappa shape index (κ3) is 4.21. The van der Waals surface area contributed by atoms with Crippen molar-refractivity contribution in [1.29, 1.82) is 0 Å². The van der Waals surface area contributed by atoms with Gasteiger partial charge in [-0.3, -0.25) is 14.4 Å². The van der Waals surface area contributed by atoms with Crippen molar-refractivity contribution in [3.05, 3.63) is 80.1 Å². The number of nitrogens with zero attached hydrogens (tertiary/aromatic N) is 1. The van der Waals surface area contributed by atoms with Gasteiger partial charge in [0, 0.05) is 6.54 Å². The molecule has 0 saturated carbocycles. The van der Waals surface area contributed by atoms with Crippen LogP contribution >= 0.6 is 0 Å². The highest BCUT2D eigenvalue weighted by atomic mass is 16.3. The zero-order chi connectivity index (χ0) is 23.5. The van der Waals surface area contributed by atoms with Crippen molar-refractivity contribution in [2.75, 3.05) is 23.8 Å². The summed E-state index contributed by atoms with van der Waals surface area (Å²) in [6, 6.07) is 13.8. The number of aliphatic hydroxyl groups excluding tert-OH is 1. The Bertz CT molecular complexity index is 1220. The number of hydrogen-bond donors (Lipinski definition) is 4. The first-order valence-electron chi connectivity index (χ1n) is 11.1. The summed E-state index contributed by atoms with van der Waals surface area (Å²) < 4.78 is 0. The number of para-hydroxylation sites is 1. The summed E-state index contributed by atoms with van der Waals surface area (Å²) in [4.78, 5) is 39.1. The van der Waals surface area contributed by atoms with Crippen LogP contribution in [0.2, 0.25) is 0 Å². The fourth-order valence-electron chi connectivity index (χ4n) is 4.33. The lowest BCUT2D eigenvalue weighted by Crippen LogP contribution is -2.38. The van der Waals surface area contributed by atoms with Crippen LogP contribution in [0.25, 0.3) is 0 Å². The Balaban J connectivity index is 1.59. The molecular formula is C25H27N3O5. The average Bonchev–Trinajstić information content (AvgIpc) is 3.33. The van der Waals surface area contributed by atoms with Crippen LogP contribution in [0.5, 0.6) is 5.75 Å². The van der Waals surface area contributed by atoms with Crippen molar-refractivity contribution < 1.29 is 15.0 Å². The van der Waals surface area contributed by atoms with Gasteiger partial charge < -0.3 is 25.7 Å². The number of phenolic OH excluding ortho intramolecular Hbond substituents is 1. The number of carbonyl (C=O) groups is 1. The summed E-state index contributed by atoms with van der Waals surface area (Å²) in [7, 11) is 0. The number of benzene rings is 2. The van der Waals surface area contributed by atoms with Crippen LogP contribution in [-0.4, -0.2) is 40.2 Å². The van der Waals surface area contributed by atoms with Gasteiger partial charge in [0.15, 0.2) is 5.75 Å². The summed E-state index contributed by atoms with van der Waals surface area (Å²) in [6.45, 7) is 2.34. The maximum absolute atomic E-state index is 13.0. The second-order valence-corrected chi connectivity index (χ2v) is 8.23. The fraction of sp³-hybridized carbons (Fsp3) is 0.320. The van der Waals surface area contributed by atoms with Gasteiger partial charge in [-0.2, -0.15) is 0 Å². The highest BCUT2D eigenvalue weighted by Gasteiger charge is 2.31. The SMILES string of the molecule is CC[C@@H](Nc1c(Nc2cccc(C(=O)N3CCC[C@H]3CO)c2O)c(=O)c1=O)c1ccccc1. The van der Waals surface area contributed by atoms with E-state index in [4.69, 9.17) is 0 Å². The van der Waals surface area contributed by atoms with Crippen LogP contribution in [0.4, 0.5) is 17.1 Å². The minimum Gasteiger partial charge on any atom is -0.505 e. The van der Waals surface area contributed by atoms with Crippen molar-refractivity contribution in [2.24, 2.45) is 0 Å². The molecule has 0 aromatic heterocycles. The lowest BCUT2D eigenvalue weighted by molar-refractivity contribution is 0.0674. The number of amides is 1. The molecule has 1 aliphatic rings. The number of rotatable bonds is 8. The summed E-state index contributed by atoms with van der Waals surface area (Å²) in [5, 5.41) is 26.3. The highest BCUT2D eigenvalue weighted by molar-refractivity contribution is 5.99. The molecule has 0 spiro atoms. The van der Waals surface area contributed by atoms with Gasteiger partial charge in [-0.15, -0.1) is 0 Å². The van der Waals surface area contributed by atoms with Crippen molar-refractivity contribution in [2.45, 2.75) is 38.3 Å². The quantitative estimate of drug-likeness (QED) is 0.308. The van der Waals surface area contributed by atoms with Crippen molar-refractivity contribution in [1.82, 2.24) is 4.90 Å². The zero-order valence-electron chi connectivity index (χ0n) is 18.4. The van der Waals surface area contributed by atoms with Gasteiger partial charge >= 0.3 is 0 Å². The van der Waals surface area contributed by atoms with E-state index in [-0.39, 0.29) is 53.0 Å². The predicted molar refractivity (Wildman–Crippen MR) is 127 cm³/mol. The molecule has 0 bridgehead atoms. The minimum atomic E-state index is -0.684. The van der Waals surface area contributed by atoms with E-state index in [0.717, 1.165) is 12.0 Å². The zero-order valence-corrected chi connectivity index (χ0v) is 18.4. The van der Waals surface area contributed by atoms with Gasteiger partial charge in [0.2, 0.25) is 0 Å². The smallest absolute Gasteiger partial charge is 0.258 e. The van der Waals surface area contributed by atoms with Gasteiger partial charge in [0.1, 0.15) is 11.4 Å². The van der Waals surface area contributed by atoms with Crippen LogP contribution in [0.15, 0.2) is 58.1 Å². The molecule has 4 N–H and O–H groups in total. The maximum atomic E-state index is 13.0. The Morgan fingerprint density at radius 1 is 1.09 bits per heavy atom. The highest BCUT2D eigenvalue weighted by Crippen LogP contribution is 2.34. The number of nitrogens with one attached hydrogen (secondary N) is 2. The fourth-order valence-corrected chi connectivity index (χ4v) is 4.33. The van der Waals surface area contributed by atoms with Crippen LogP contribution in [0.3, 0.4) is 0 Å². The third-order valence-corrected chi connectivity index (χ3v) is 6.21. The van der Waals surface area contributed by atoms with E-state index in [1.807, 2.05) is 37.3 Å². The Morgan fingerprint density at radius 2 is 1.82 bits per heavy atom. The second-order valence-electron chi connectivity index (χ2n) is 8.23. The van der Waals surface area contributed by atoms with Crippen LogP contribution in [0, 0.1) is 0 Å². The average molecular weight is 450 g/mol. The Kier molecular flexibility index (Phi) is 6.46. The molecule has 33 heavy (non-hydrogen) atoms. The molecule has 8 nitrogen and oxygen atoms in total. The molecule has 172 valence electrons. The predicted octanol–water partition coefficient (Wildman–Crippen LogP) is 2.89. The molecule has 1 heterocycles. The van der Waals surface area contributed by atoms with Crippen molar-refractivity contribution in [3.63, 3.8) is 0 Å². The van der Waals surface area contributed by atoms with Gasteiger partial charge in [0.25, 0.3) is 16.8 Å². The lowest BCUT2D eigenvalue weighted by atomic mass is 10.0. The maximum Gasteiger partial charge on any atom is 0.258 e. The van der Waals surface area contributed by atoms with Gasteiger partial charge in [0.05, 0.1) is 29.9 Å². The monoisotopic (exact) mass is 449 g/mol. The summed E-state index contributed by atoms with van der Waals surface area (Å²) in [5.74, 6) is -0.689. The van der Waals surface area contributed by atoms with Crippen LogP contribution in [0.1, 0.15) is 48.1 Å². The number of hydrogen-bond acceptors (Lipinski definition) is 7. The summed E-state index contributed by atoms with van der Waals surface area (Å²) >= 11 is 0. The van der Waals surface area contributed by atoms with Crippen LogP contribution < -0.4 is 21.5 Å². The molecule has 1 fully saturated rings. The number of anilines is 3. The molecule has 1 saturated heterocycles.